The fourth-order valence-corrected chi connectivity index (χ4v) is 3.46. The Balaban J connectivity index is 1.98. The molecule has 2 aliphatic rings. The molecule has 0 aromatic rings. The Kier molecular flexibility index (Phi) is 4.20. The number of rotatable bonds is 3. The van der Waals surface area contributed by atoms with E-state index in [0.717, 1.165) is 38.1 Å². The van der Waals surface area contributed by atoms with Gasteiger partial charge in [0.2, 0.25) is 11.8 Å². The van der Waals surface area contributed by atoms with Crippen molar-refractivity contribution < 1.29 is 9.59 Å². The van der Waals surface area contributed by atoms with Crippen LogP contribution in [-0.2, 0) is 9.59 Å². The van der Waals surface area contributed by atoms with Crippen molar-refractivity contribution in [3.63, 3.8) is 0 Å². The Hall–Kier alpha value is -0.710. The molecule has 0 unspecified atom stereocenters. The number of carbonyl (C=O) groups is 2. The number of nitrogens with zero attached hydrogens (tertiary/aromatic N) is 2. The van der Waals surface area contributed by atoms with Crippen LogP contribution in [0.5, 0.6) is 0 Å². The highest BCUT2D eigenvalue weighted by Gasteiger charge is 2.48. The van der Waals surface area contributed by atoms with Gasteiger partial charge < -0.3 is 9.80 Å². The van der Waals surface area contributed by atoms with Crippen molar-refractivity contribution in [1.29, 1.82) is 0 Å². The summed E-state index contributed by atoms with van der Waals surface area (Å²) in [4.78, 5) is 28.1. The first kappa shape index (κ1) is 13.7. The Morgan fingerprint density at radius 1 is 1.39 bits per heavy atom. The smallest absolute Gasteiger partial charge is 0.230 e. The van der Waals surface area contributed by atoms with Gasteiger partial charge >= 0.3 is 0 Å². The third-order valence-corrected chi connectivity index (χ3v) is 4.79. The van der Waals surface area contributed by atoms with E-state index in [1.807, 2.05) is 23.1 Å². The van der Waals surface area contributed by atoms with E-state index in [-0.39, 0.29) is 17.2 Å². The van der Waals surface area contributed by atoms with E-state index in [9.17, 15) is 9.59 Å². The van der Waals surface area contributed by atoms with E-state index in [1.54, 1.807) is 11.8 Å². The summed E-state index contributed by atoms with van der Waals surface area (Å²) in [5, 5.41) is 0. The summed E-state index contributed by atoms with van der Waals surface area (Å²) in [5.41, 5.74) is -0.262. The van der Waals surface area contributed by atoms with E-state index in [0.29, 0.717) is 13.0 Å². The summed E-state index contributed by atoms with van der Waals surface area (Å²) >= 11 is 1.69. The van der Waals surface area contributed by atoms with E-state index in [4.69, 9.17) is 0 Å². The summed E-state index contributed by atoms with van der Waals surface area (Å²) < 4.78 is 0. The molecule has 0 aromatic heterocycles. The molecule has 18 heavy (non-hydrogen) atoms. The number of carbonyl (C=O) groups excluding carboxylic acids is 2. The molecule has 4 nitrogen and oxygen atoms in total. The van der Waals surface area contributed by atoms with Crippen molar-refractivity contribution in [3.05, 3.63) is 0 Å². The van der Waals surface area contributed by atoms with Crippen molar-refractivity contribution in [3.8, 4) is 0 Å². The molecule has 2 aliphatic heterocycles. The number of amides is 2. The van der Waals surface area contributed by atoms with Gasteiger partial charge in [0.1, 0.15) is 0 Å². The van der Waals surface area contributed by atoms with Gasteiger partial charge in [0.25, 0.3) is 0 Å². The minimum Gasteiger partial charge on any atom is -0.345 e. The lowest BCUT2D eigenvalue weighted by atomic mass is 9.78. The van der Waals surface area contributed by atoms with Crippen LogP contribution in [0.15, 0.2) is 0 Å². The van der Waals surface area contributed by atoms with E-state index in [1.165, 1.54) is 0 Å². The van der Waals surface area contributed by atoms with Crippen LogP contribution in [0, 0.1) is 5.41 Å². The van der Waals surface area contributed by atoms with Crippen molar-refractivity contribution in [2.24, 2.45) is 5.41 Å². The van der Waals surface area contributed by atoms with Crippen LogP contribution < -0.4 is 0 Å². The minimum absolute atomic E-state index is 0.210. The predicted octanol–water partition coefficient (Wildman–Crippen LogP) is 1.21. The van der Waals surface area contributed by atoms with Gasteiger partial charge in [-0.25, -0.2) is 0 Å². The van der Waals surface area contributed by atoms with Gasteiger partial charge in [0.05, 0.1) is 5.41 Å². The third kappa shape index (κ3) is 2.51. The van der Waals surface area contributed by atoms with Crippen molar-refractivity contribution in [2.45, 2.75) is 25.7 Å². The zero-order valence-corrected chi connectivity index (χ0v) is 12.1. The fourth-order valence-electron chi connectivity index (χ4n) is 3.08. The van der Waals surface area contributed by atoms with Crippen LogP contribution in [0.4, 0.5) is 0 Å². The molecule has 2 amide bonds. The molecule has 0 aliphatic carbocycles. The second-order valence-corrected chi connectivity index (χ2v) is 6.40. The molecule has 0 radical (unpaired) electrons. The van der Waals surface area contributed by atoms with Gasteiger partial charge in [-0.15, -0.1) is 0 Å². The normalized spacial score (nSPS) is 28.2. The molecule has 2 fully saturated rings. The molecule has 0 saturated carbocycles. The second kappa shape index (κ2) is 5.51. The maximum atomic E-state index is 12.3. The number of thioether (sulfide) groups is 1. The van der Waals surface area contributed by atoms with Gasteiger partial charge in [-0.2, -0.15) is 11.8 Å². The molecule has 1 spiro atoms. The van der Waals surface area contributed by atoms with E-state index in [2.05, 4.69) is 0 Å². The lowest BCUT2D eigenvalue weighted by Gasteiger charge is -2.37. The van der Waals surface area contributed by atoms with Crippen LogP contribution in [0.2, 0.25) is 0 Å². The summed E-state index contributed by atoms with van der Waals surface area (Å²) in [6, 6.07) is 0. The highest BCUT2D eigenvalue weighted by Crippen LogP contribution is 2.39. The number of likely N-dealkylation sites (tertiary alicyclic amines) is 2. The monoisotopic (exact) mass is 270 g/mol. The van der Waals surface area contributed by atoms with Crippen molar-refractivity contribution in [1.82, 2.24) is 9.80 Å². The van der Waals surface area contributed by atoms with Crippen molar-refractivity contribution in [2.75, 3.05) is 38.7 Å². The molecule has 0 aromatic carbocycles. The first-order valence-electron chi connectivity index (χ1n) is 6.61. The average molecular weight is 270 g/mol. The maximum absolute atomic E-state index is 12.3. The van der Waals surface area contributed by atoms with Gasteiger partial charge in [-0.1, -0.05) is 0 Å². The second-order valence-electron chi connectivity index (χ2n) is 5.42. The Morgan fingerprint density at radius 3 is 2.89 bits per heavy atom. The number of hydrogen-bond acceptors (Lipinski definition) is 3. The topological polar surface area (TPSA) is 40.6 Å². The quantitative estimate of drug-likeness (QED) is 0.774. The number of piperidine rings is 1. The molecular formula is C13H22N2O2S. The maximum Gasteiger partial charge on any atom is 0.230 e. The fraction of sp³-hybridized carbons (Fsp3) is 0.846. The molecule has 5 heteroatoms. The first-order valence-corrected chi connectivity index (χ1v) is 8.01. The standard InChI is InChI=1S/C13H22N2O2S/c1-14-7-3-5-13(12(14)17)6-8-15(10-13)11(16)4-9-18-2/h3-10H2,1-2H3/t13-/m1/s1. The van der Waals surface area contributed by atoms with Gasteiger partial charge in [-0.05, 0) is 25.5 Å². The van der Waals surface area contributed by atoms with E-state index < -0.39 is 0 Å². The lowest BCUT2D eigenvalue weighted by Crippen LogP contribution is -2.48. The van der Waals surface area contributed by atoms with E-state index >= 15 is 0 Å². The minimum atomic E-state index is -0.262. The Labute approximate surface area is 113 Å². The van der Waals surface area contributed by atoms with Crippen molar-refractivity contribution >= 4 is 23.6 Å². The van der Waals surface area contributed by atoms with Crippen LogP contribution in [0.1, 0.15) is 25.7 Å². The summed E-state index contributed by atoms with van der Waals surface area (Å²) in [7, 11) is 1.88. The Bertz CT molecular complexity index is 348. The zero-order valence-electron chi connectivity index (χ0n) is 11.3. The SMILES string of the molecule is CSCCC(=O)N1CC[C@]2(CCCN(C)C2=O)C1. The average Bonchev–Trinajstić information content (AvgIpc) is 2.78. The van der Waals surface area contributed by atoms with Gasteiger partial charge in [0.15, 0.2) is 0 Å². The third-order valence-electron chi connectivity index (χ3n) is 4.18. The molecule has 0 bridgehead atoms. The number of hydrogen-bond donors (Lipinski definition) is 0. The highest BCUT2D eigenvalue weighted by atomic mass is 32.2. The van der Waals surface area contributed by atoms with Gasteiger partial charge in [0, 0.05) is 38.9 Å². The highest BCUT2D eigenvalue weighted by molar-refractivity contribution is 7.98. The van der Waals surface area contributed by atoms with Gasteiger partial charge in [-0.3, -0.25) is 9.59 Å². The largest absolute Gasteiger partial charge is 0.345 e. The van der Waals surface area contributed by atoms with Crippen LogP contribution in [-0.4, -0.2) is 60.3 Å². The molecule has 2 heterocycles. The summed E-state index contributed by atoms with van der Waals surface area (Å²) in [6.07, 6.45) is 5.47. The predicted molar refractivity (Wildman–Crippen MR) is 73.5 cm³/mol. The molecule has 2 rings (SSSR count). The van der Waals surface area contributed by atoms with Crippen LogP contribution >= 0.6 is 11.8 Å². The lowest BCUT2D eigenvalue weighted by molar-refractivity contribution is -0.144. The molecule has 1 atom stereocenters. The summed E-state index contributed by atoms with van der Waals surface area (Å²) in [5.74, 6) is 1.33. The molecule has 0 N–H and O–H groups in total. The zero-order chi connectivity index (χ0) is 13.2. The molecular weight excluding hydrogens is 248 g/mol. The van der Waals surface area contributed by atoms with Crippen LogP contribution in [0.25, 0.3) is 0 Å². The molecule has 102 valence electrons. The van der Waals surface area contributed by atoms with Crippen LogP contribution in [0.3, 0.4) is 0 Å². The molecule has 2 saturated heterocycles. The summed E-state index contributed by atoms with van der Waals surface area (Å²) in [6.45, 7) is 2.26. The Morgan fingerprint density at radius 2 is 2.17 bits per heavy atom. The first-order chi connectivity index (χ1) is 8.59.